The summed E-state index contributed by atoms with van der Waals surface area (Å²) in [6, 6.07) is 6.01. The van der Waals surface area contributed by atoms with Crippen LogP contribution in [-0.4, -0.2) is 101 Å². The van der Waals surface area contributed by atoms with Gasteiger partial charge in [0, 0.05) is 42.4 Å². The molecule has 1 aromatic carbocycles. The summed E-state index contributed by atoms with van der Waals surface area (Å²) in [5.41, 5.74) is 0.151. The van der Waals surface area contributed by atoms with Crippen molar-refractivity contribution in [2.24, 2.45) is 0 Å². The van der Waals surface area contributed by atoms with Crippen molar-refractivity contribution < 1.29 is 42.5 Å². The lowest BCUT2D eigenvalue weighted by Crippen LogP contribution is -2.47. The molecule has 3 aromatic rings. The molecule has 278 valence electrons. The van der Waals surface area contributed by atoms with Crippen molar-refractivity contribution in [1.82, 2.24) is 25.6 Å². The lowest BCUT2D eigenvalue weighted by molar-refractivity contribution is -0.190. The van der Waals surface area contributed by atoms with E-state index in [1.165, 1.54) is 29.6 Å². The third-order valence-corrected chi connectivity index (χ3v) is 9.21. The number of anilines is 1. The summed E-state index contributed by atoms with van der Waals surface area (Å²) in [6.45, 7) is 12.9. The first-order chi connectivity index (χ1) is 24.2. The van der Waals surface area contributed by atoms with E-state index in [9.17, 15) is 24.0 Å². The second kappa shape index (κ2) is 17.6. The van der Waals surface area contributed by atoms with Crippen LogP contribution < -0.4 is 21.2 Å². The molecule has 4 rings (SSSR count). The molecule has 0 radical (unpaired) electrons. The fourth-order valence-corrected chi connectivity index (χ4v) is 6.43. The van der Waals surface area contributed by atoms with Gasteiger partial charge in [-0.05, 0) is 59.7 Å². The number of aromatic nitrogens is 3. The number of methoxy groups -OCH3 is 1. The molecule has 3 heterocycles. The van der Waals surface area contributed by atoms with E-state index in [1.807, 2.05) is 26.0 Å². The monoisotopic (exact) mass is 730 g/mol. The minimum atomic E-state index is -1.03. The number of esters is 1. The predicted octanol–water partition coefficient (Wildman–Crippen LogP) is 3.05. The number of ketones is 1. The highest BCUT2D eigenvalue weighted by Crippen LogP contribution is 2.29. The molecular weight excluding hydrogens is 684 g/mol. The van der Waals surface area contributed by atoms with E-state index in [0.717, 1.165) is 18.8 Å². The molecular formula is C34H46N6O10S. The largest absolute Gasteiger partial charge is 0.467 e. The Labute approximate surface area is 299 Å². The maximum Gasteiger partial charge on any atom is 0.408 e. The third kappa shape index (κ3) is 11.0. The smallest absolute Gasteiger partial charge is 0.408 e. The van der Waals surface area contributed by atoms with Gasteiger partial charge in [-0.25, -0.2) is 19.1 Å². The highest BCUT2D eigenvalue weighted by atomic mass is 32.2. The summed E-state index contributed by atoms with van der Waals surface area (Å²) in [4.78, 5) is 64.9. The van der Waals surface area contributed by atoms with E-state index in [1.54, 1.807) is 40.0 Å². The topological polar surface area (TPSA) is 193 Å². The first-order valence-electron chi connectivity index (χ1n) is 16.7. The Morgan fingerprint density at radius 3 is 2.59 bits per heavy atom. The van der Waals surface area contributed by atoms with E-state index in [4.69, 9.17) is 23.4 Å². The van der Waals surface area contributed by atoms with Crippen LogP contribution in [-0.2, 0) is 41.6 Å². The van der Waals surface area contributed by atoms with Gasteiger partial charge in [0.15, 0.2) is 12.1 Å². The lowest BCUT2D eigenvalue weighted by atomic mass is 10.1. The number of benzene rings is 1. The number of carbonyl (C=O) groups is 4. The Kier molecular flexibility index (Phi) is 13.6. The quantitative estimate of drug-likeness (QED) is 0.171. The van der Waals surface area contributed by atoms with Gasteiger partial charge >= 0.3 is 17.7 Å². The van der Waals surface area contributed by atoms with E-state index in [0.29, 0.717) is 16.7 Å². The van der Waals surface area contributed by atoms with E-state index < -0.39 is 52.9 Å². The standard InChI is InChI=1S/C34H46N6O10S/c1-8-39(9-2)23-11-10-21-14-24(30(43)49-27(21)15-23)29(42)35-17-22-18-40(38-37-22)12-13-47-32-28(16-26(41)20(3)48-32)51-19-25(31(44)46-7)36-33(45)50-34(4,5)6/h10-11,14-15,18,20,25,28,32H,8-9,12-13,16-17,19H2,1-7H3,(H,35,42)(H,36,45)/t20-,25-,28+,32+/m0/s1. The van der Waals surface area contributed by atoms with Gasteiger partial charge in [-0.1, -0.05) is 5.21 Å². The summed E-state index contributed by atoms with van der Waals surface area (Å²) in [6.07, 6.45) is -0.477. The number of alkyl carbamates (subject to hydrolysis) is 1. The van der Waals surface area contributed by atoms with Crippen LogP contribution >= 0.6 is 11.8 Å². The van der Waals surface area contributed by atoms with Gasteiger partial charge in [-0.2, -0.15) is 11.8 Å². The number of thioether (sulfide) groups is 1. The van der Waals surface area contributed by atoms with Crippen LogP contribution in [0.15, 0.2) is 39.7 Å². The number of carbonyl (C=O) groups excluding carboxylic acids is 4. The molecule has 2 amide bonds. The van der Waals surface area contributed by atoms with Crippen molar-refractivity contribution in [3.63, 3.8) is 0 Å². The Hall–Kier alpha value is -4.48. The number of fused-ring (bicyclic) bond motifs is 1. The SMILES string of the molecule is CCN(CC)c1ccc2cc(C(=O)NCc3cn(CCO[C@@H]4O[C@@H](C)C(=O)C[C@H]4SC[C@H](NC(=O)OC(C)(C)C)C(=O)OC)nn3)c(=O)oc2c1. The zero-order chi connectivity index (χ0) is 37.3. The fraction of sp³-hybridized carbons (Fsp3) is 0.559. The van der Waals surface area contributed by atoms with Crippen molar-refractivity contribution >= 4 is 52.2 Å². The van der Waals surface area contributed by atoms with Crippen LogP contribution in [0.2, 0.25) is 0 Å². The number of hydrogen-bond donors (Lipinski definition) is 2. The number of amides is 2. The Morgan fingerprint density at radius 1 is 1.16 bits per heavy atom. The summed E-state index contributed by atoms with van der Waals surface area (Å²) >= 11 is 1.24. The third-order valence-electron chi connectivity index (χ3n) is 7.86. The van der Waals surface area contributed by atoms with Crippen molar-refractivity contribution in [2.45, 2.75) is 90.3 Å². The van der Waals surface area contributed by atoms with E-state index in [2.05, 4.69) is 25.8 Å². The summed E-state index contributed by atoms with van der Waals surface area (Å²) < 4.78 is 29.0. The number of Topliss-reactive ketones (excluding diaryl/α,β-unsaturated/α-hetero) is 1. The number of hydrogen-bond acceptors (Lipinski definition) is 14. The molecule has 1 fully saturated rings. The number of rotatable bonds is 15. The van der Waals surface area contributed by atoms with E-state index >= 15 is 0 Å². The van der Waals surface area contributed by atoms with Crippen molar-refractivity contribution in [2.75, 3.05) is 37.5 Å². The molecule has 0 unspecified atom stereocenters. The van der Waals surface area contributed by atoms with Crippen LogP contribution in [0.5, 0.6) is 0 Å². The predicted molar refractivity (Wildman–Crippen MR) is 189 cm³/mol. The fourth-order valence-electron chi connectivity index (χ4n) is 5.19. The molecule has 0 spiro atoms. The van der Waals surface area contributed by atoms with Crippen LogP contribution in [0.4, 0.5) is 10.5 Å². The Morgan fingerprint density at radius 2 is 1.90 bits per heavy atom. The van der Waals surface area contributed by atoms with Gasteiger partial charge in [-0.3, -0.25) is 9.59 Å². The molecule has 1 saturated heterocycles. The van der Waals surface area contributed by atoms with Gasteiger partial charge < -0.3 is 38.9 Å². The molecule has 51 heavy (non-hydrogen) atoms. The van der Waals surface area contributed by atoms with E-state index in [-0.39, 0.29) is 43.2 Å². The number of nitrogens with zero attached hydrogens (tertiary/aromatic N) is 4. The minimum Gasteiger partial charge on any atom is -0.467 e. The summed E-state index contributed by atoms with van der Waals surface area (Å²) in [5.74, 6) is -1.30. The molecule has 1 aliphatic heterocycles. The second-order valence-corrected chi connectivity index (χ2v) is 14.1. The normalized spacial score (nSPS) is 18.3. The van der Waals surface area contributed by atoms with Crippen molar-refractivity contribution in [1.29, 1.82) is 0 Å². The average Bonchev–Trinajstić information content (AvgIpc) is 3.53. The highest BCUT2D eigenvalue weighted by Gasteiger charge is 2.37. The molecule has 1 aliphatic rings. The Bertz CT molecular complexity index is 1750. The highest BCUT2D eigenvalue weighted by molar-refractivity contribution is 8.00. The minimum absolute atomic E-state index is 0.0147. The average molecular weight is 731 g/mol. The van der Waals surface area contributed by atoms with Gasteiger partial charge in [0.05, 0.1) is 38.3 Å². The van der Waals surface area contributed by atoms with Gasteiger partial charge in [0.25, 0.3) is 5.91 Å². The Balaban J connectivity index is 1.30. The van der Waals surface area contributed by atoms with Gasteiger partial charge in [0.2, 0.25) is 0 Å². The molecule has 4 atom stereocenters. The first kappa shape index (κ1) is 39.3. The summed E-state index contributed by atoms with van der Waals surface area (Å²) in [5, 5.41) is 13.5. The molecule has 0 saturated carbocycles. The lowest BCUT2D eigenvalue weighted by Gasteiger charge is -2.34. The number of ether oxygens (including phenoxy) is 4. The first-order valence-corrected chi connectivity index (χ1v) is 17.7. The summed E-state index contributed by atoms with van der Waals surface area (Å²) in [7, 11) is 1.22. The maximum absolute atomic E-state index is 12.9. The number of nitrogens with one attached hydrogen (secondary N) is 2. The molecule has 2 aromatic heterocycles. The molecule has 17 heteroatoms. The second-order valence-electron chi connectivity index (χ2n) is 12.8. The van der Waals surface area contributed by atoms with Crippen LogP contribution in [0.25, 0.3) is 11.0 Å². The zero-order valence-electron chi connectivity index (χ0n) is 29.9. The van der Waals surface area contributed by atoms with Crippen LogP contribution in [0, 0.1) is 0 Å². The van der Waals surface area contributed by atoms with Crippen LogP contribution in [0.3, 0.4) is 0 Å². The van der Waals surface area contributed by atoms with Crippen molar-refractivity contribution in [3.05, 3.63) is 52.1 Å². The maximum atomic E-state index is 12.9. The van der Waals surface area contributed by atoms with Crippen LogP contribution in [0.1, 0.15) is 64.0 Å². The molecule has 0 aliphatic carbocycles. The molecule has 16 nitrogen and oxygen atoms in total. The molecule has 2 N–H and O–H groups in total. The van der Waals surface area contributed by atoms with Gasteiger partial charge in [0.1, 0.15) is 34.6 Å². The molecule has 0 bridgehead atoms. The van der Waals surface area contributed by atoms with Crippen molar-refractivity contribution in [3.8, 4) is 0 Å². The van der Waals surface area contributed by atoms with Gasteiger partial charge in [-0.15, -0.1) is 5.10 Å². The zero-order valence-corrected chi connectivity index (χ0v) is 30.7.